The predicted octanol–water partition coefficient (Wildman–Crippen LogP) is 1.56. The number of carbonyl (C=O) groups is 1. The summed E-state index contributed by atoms with van der Waals surface area (Å²) < 4.78 is 0. The summed E-state index contributed by atoms with van der Waals surface area (Å²) in [5.74, 6) is 1.58. The molecule has 0 saturated carbocycles. The van der Waals surface area contributed by atoms with Crippen LogP contribution >= 0.6 is 24.4 Å². The van der Waals surface area contributed by atoms with E-state index in [-0.39, 0.29) is 11.9 Å². The molecule has 2 nitrogen and oxygen atoms in total. The van der Waals surface area contributed by atoms with E-state index in [0.29, 0.717) is 11.0 Å². The molecular weight excluding hydrogens is 190 g/mol. The Balaban J connectivity index is 3.32. The molecule has 0 aromatic rings. The zero-order valence-electron chi connectivity index (χ0n) is 7.83. The number of hydrogen-bond donors (Lipinski definition) is 2. The molecule has 0 aliphatic rings. The van der Waals surface area contributed by atoms with Crippen molar-refractivity contribution in [2.75, 3.05) is 11.5 Å². The molecule has 0 radical (unpaired) electrons. The number of hydrogen-bond acceptors (Lipinski definition) is 3. The third kappa shape index (κ3) is 8.27. The fourth-order valence-corrected chi connectivity index (χ4v) is 1.73. The maximum absolute atomic E-state index is 11.1. The standard InChI is InChI=1S/C8H17NOS2/c1-6(2)9-8(10)5-12-4-7(3)11/h6-7,11H,4-5H2,1-3H3,(H,9,10). The molecule has 0 bridgehead atoms. The summed E-state index contributed by atoms with van der Waals surface area (Å²) in [7, 11) is 0. The van der Waals surface area contributed by atoms with Gasteiger partial charge in [0.05, 0.1) is 5.75 Å². The first kappa shape index (κ1) is 12.2. The second-order valence-corrected chi connectivity index (χ2v) is 5.00. The van der Waals surface area contributed by atoms with Crippen molar-refractivity contribution in [3.8, 4) is 0 Å². The monoisotopic (exact) mass is 207 g/mol. The van der Waals surface area contributed by atoms with Gasteiger partial charge in [0.25, 0.3) is 0 Å². The average molecular weight is 207 g/mol. The van der Waals surface area contributed by atoms with Gasteiger partial charge in [-0.2, -0.15) is 24.4 Å². The Morgan fingerprint density at radius 1 is 1.50 bits per heavy atom. The minimum atomic E-state index is 0.115. The molecule has 0 aliphatic heterocycles. The van der Waals surface area contributed by atoms with Crippen molar-refractivity contribution in [1.29, 1.82) is 0 Å². The molecule has 1 N–H and O–H groups in total. The number of thiol groups is 1. The van der Waals surface area contributed by atoms with Gasteiger partial charge in [0.2, 0.25) is 5.91 Å². The highest BCUT2D eigenvalue weighted by atomic mass is 32.2. The third-order valence-corrected chi connectivity index (χ3v) is 2.67. The van der Waals surface area contributed by atoms with E-state index in [2.05, 4.69) is 17.9 Å². The van der Waals surface area contributed by atoms with Crippen molar-refractivity contribution < 1.29 is 4.79 Å². The van der Waals surface area contributed by atoms with Crippen LogP contribution in [0.3, 0.4) is 0 Å². The van der Waals surface area contributed by atoms with Gasteiger partial charge in [0, 0.05) is 17.0 Å². The van der Waals surface area contributed by atoms with E-state index < -0.39 is 0 Å². The minimum absolute atomic E-state index is 0.115. The molecular formula is C8H17NOS2. The van der Waals surface area contributed by atoms with Crippen LogP contribution < -0.4 is 5.32 Å². The topological polar surface area (TPSA) is 29.1 Å². The van der Waals surface area contributed by atoms with Crippen LogP contribution in [0.5, 0.6) is 0 Å². The van der Waals surface area contributed by atoms with Crippen molar-refractivity contribution >= 4 is 30.3 Å². The van der Waals surface area contributed by atoms with Crippen LogP contribution in [0.4, 0.5) is 0 Å². The first-order valence-electron chi connectivity index (χ1n) is 4.07. The van der Waals surface area contributed by atoms with E-state index in [9.17, 15) is 4.79 Å². The highest BCUT2D eigenvalue weighted by Crippen LogP contribution is 2.06. The van der Waals surface area contributed by atoms with E-state index in [0.717, 1.165) is 5.75 Å². The number of rotatable bonds is 5. The Morgan fingerprint density at radius 2 is 2.08 bits per heavy atom. The van der Waals surface area contributed by atoms with E-state index in [1.165, 1.54) is 0 Å². The summed E-state index contributed by atoms with van der Waals surface area (Å²) in [5.41, 5.74) is 0. The van der Waals surface area contributed by atoms with Gasteiger partial charge >= 0.3 is 0 Å². The Bertz CT molecular complexity index is 137. The molecule has 4 heteroatoms. The molecule has 72 valence electrons. The van der Waals surface area contributed by atoms with E-state index in [4.69, 9.17) is 0 Å². The summed E-state index contributed by atoms with van der Waals surface area (Å²) in [5, 5.41) is 3.19. The summed E-state index contributed by atoms with van der Waals surface area (Å²) in [6.07, 6.45) is 0. The Hall–Kier alpha value is 0.170. The Labute approximate surface area is 84.3 Å². The SMILES string of the molecule is CC(S)CSCC(=O)NC(C)C. The predicted molar refractivity (Wildman–Crippen MR) is 59.1 cm³/mol. The van der Waals surface area contributed by atoms with Crippen LogP contribution in [-0.4, -0.2) is 28.7 Å². The summed E-state index contributed by atoms with van der Waals surface area (Å²) in [4.78, 5) is 11.1. The molecule has 0 saturated heterocycles. The van der Waals surface area contributed by atoms with E-state index in [1.807, 2.05) is 20.8 Å². The number of amides is 1. The van der Waals surface area contributed by atoms with Crippen molar-refractivity contribution in [3.05, 3.63) is 0 Å². The summed E-state index contributed by atoms with van der Waals surface area (Å²) in [6.45, 7) is 5.95. The fraction of sp³-hybridized carbons (Fsp3) is 0.875. The first-order valence-corrected chi connectivity index (χ1v) is 5.74. The van der Waals surface area contributed by atoms with Crippen molar-refractivity contribution in [3.63, 3.8) is 0 Å². The minimum Gasteiger partial charge on any atom is -0.353 e. The zero-order valence-corrected chi connectivity index (χ0v) is 9.54. The van der Waals surface area contributed by atoms with Gasteiger partial charge in [-0.15, -0.1) is 0 Å². The van der Waals surface area contributed by atoms with Crippen LogP contribution in [0.2, 0.25) is 0 Å². The van der Waals surface area contributed by atoms with Crippen molar-refractivity contribution in [1.82, 2.24) is 5.32 Å². The van der Waals surface area contributed by atoms with Gasteiger partial charge in [-0.05, 0) is 13.8 Å². The van der Waals surface area contributed by atoms with Crippen molar-refractivity contribution in [2.24, 2.45) is 0 Å². The lowest BCUT2D eigenvalue weighted by molar-refractivity contribution is -0.119. The van der Waals surface area contributed by atoms with Gasteiger partial charge in [-0.1, -0.05) is 6.92 Å². The number of nitrogens with one attached hydrogen (secondary N) is 1. The second kappa shape index (κ2) is 6.66. The fourth-order valence-electron chi connectivity index (χ4n) is 0.686. The average Bonchev–Trinajstić information content (AvgIpc) is 1.84. The highest BCUT2D eigenvalue weighted by molar-refractivity contribution is 8.00. The van der Waals surface area contributed by atoms with Crippen LogP contribution in [0.25, 0.3) is 0 Å². The maximum Gasteiger partial charge on any atom is 0.230 e. The molecule has 12 heavy (non-hydrogen) atoms. The molecule has 0 heterocycles. The van der Waals surface area contributed by atoms with Gasteiger partial charge in [0.1, 0.15) is 0 Å². The quantitative estimate of drug-likeness (QED) is 0.670. The lowest BCUT2D eigenvalue weighted by Crippen LogP contribution is -2.31. The molecule has 0 fully saturated rings. The molecule has 0 aromatic heterocycles. The molecule has 0 spiro atoms. The van der Waals surface area contributed by atoms with Crippen LogP contribution in [0, 0.1) is 0 Å². The summed E-state index contributed by atoms with van der Waals surface area (Å²) in [6, 6.07) is 0.242. The van der Waals surface area contributed by atoms with Crippen LogP contribution in [0.15, 0.2) is 0 Å². The Morgan fingerprint density at radius 3 is 2.50 bits per heavy atom. The lowest BCUT2D eigenvalue weighted by Gasteiger charge is -2.08. The molecule has 0 aromatic carbocycles. The largest absolute Gasteiger partial charge is 0.353 e. The van der Waals surface area contributed by atoms with E-state index >= 15 is 0 Å². The molecule has 0 aliphatic carbocycles. The second-order valence-electron chi connectivity index (χ2n) is 3.09. The third-order valence-electron chi connectivity index (χ3n) is 1.04. The zero-order chi connectivity index (χ0) is 9.56. The van der Waals surface area contributed by atoms with Crippen molar-refractivity contribution in [2.45, 2.75) is 32.1 Å². The normalized spacial score (nSPS) is 13.1. The maximum atomic E-state index is 11.1. The molecule has 1 unspecified atom stereocenters. The van der Waals surface area contributed by atoms with Gasteiger partial charge in [0.15, 0.2) is 0 Å². The van der Waals surface area contributed by atoms with Crippen LogP contribution in [-0.2, 0) is 4.79 Å². The molecule has 0 rings (SSSR count). The highest BCUT2D eigenvalue weighted by Gasteiger charge is 2.03. The van der Waals surface area contributed by atoms with E-state index in [1.54, 1.807) is 11.8 Å². The number of thioether (sulfide) groups is 1. The van der Waals surface area contributed by atoms with Crippen LogP contribution in [0.1, 0.15) is 20.8 Å². The molecule has 1 amide bonds. The number of carbonyl (C=O) groups excluding carboxylic acids is 1. The first-order chi connectivity index (χ1) is 5.52. The summed E-state index contributed by atoms with van der Waals surface area (Å²) >= 11 is 5.84. The lowest BCUT2D eigenvalue weighted by atomic mass is 10.4. The smallest absolute Gasteiger partial charge is 0.230 e. The van der Waals surface area contributed by atoms with Gasteiger partial charge in [-0.25, -0.2) is 0 Å². The van der Waals surface area contributed by atoms with Gasteiger partial charge in [-0.3, -0.25) is 4.79 Å². The Kier molecular flexibility index (Phi) is 6.76. The molecule has 1 atom stereocenters. The van der Waals surface area contributed by atoms with Gasteiger partial charge < -0.3 is 5.32 Å².